The molecule has 0 aliphatic rings. The number of benzene rings is 2. The Morgan fingerprint density at radius 1 is 1.00 bits per heavy atom. The SMILES string of the molecule is CC(=O)C(C)(C)P(=O)(OCc1ccccc1)c1ccccc1. The van der Waals surface area contributed by atoms with Crippen LogP contribution in [0.2, 0.25) is 0 Å². The van der Waals surface area contributed by atoms with E-state index in [2.05, 4.69) is 0 Å². The second kappa shape index (κ2) is 6.60. The van der Waals surface area contributed by atoms with E-state index in [0.717, 1.165) is 5.56 Å². The zero-order valence-electron chi connectivity index (χ0n) is 13.2. The van der Waals surface area contributed by atoms with E-state index in [1.807, 2.05) is 48.5 Å². The molecule has 4 heteroatoms. The second-order valence-corrected chi connectivity index (χ2v) is 8.76. The number of Topliss-reactive ketones (excluding diaryl/α,β-unsaturated/α-hetero) is 1. The van der Waals surface area contributed by atoms with Crippen molar-refractivity contribution in [1.82, 2.24) is 0 Å². The van der Waals surface area contributed by atoms with Crippen molar-refractivity contribution in [2.24, 2.45) is 0 Å². The number of carbonyl (C=O) groups excluding carboxylic acids is 1. The summed E-state index contributed by atoms with van der Waals surface area (Å²) in [6, 6.07) is 18.5. The standard InChI is InChI=1S/C18H21O3P/c1-15(19)18(2,3)22(20,17-12-8-5-9-13-17)21-14-16-10-6-4-7-11-16/h4-13H,14H2,1-3H3. The van der Waals surface area contributed by atoms with Gasteiger partial charge in [0.25, 0.3) is 0 Å². The highest BCUT2D eigenvalue weighted by atomic mass is 31.2. The number of hydrogen-bond donors (Lipinski definition) is 0. The van der Waals surface area contributed by atoms with Gasteiger partial charge in [-0.05, 0) is 38.5 Å². The van der Waals surface area contributed by atoms with Gasteiger partial charge in [0, 0.05) is 5.30 Å². The Morgan fingerprint density at radius 2 is 1.50 bits per heavy atom. The summed E-state index contributed by atoms with van der Waals surface area (Å²) >= 11 is 0. The van der Waals surface area contributed by atoms with E-state index in [1.165, 1.54) is 6.92 Å². The van der Waals surface area contributed by atoms with Crippen LogP contribution in [0.5, 0.6) is 0 Å². The molecule has 22 heavy (non-hydrogen) atoms. The Kier molecular flexibility index (Phi) is 5.00. The highest BCUT2D eigenvalue weighted by Gasteiger charge is 2.46. The average molecular weight is 316 g/mol. The molecule has 2 aromatic rings. The van der Waals surface area contributed by atoms with E-state index in [0.29, 0.717) is 5.30 Å². The molecule has 0 saturated carbocycles. The maximum atomic E-state index is 13.6. The Morgan fingerprint density at radius 3 is 2.00 bits per heavy atom. The smallest absolute Gasteiger partial charge is 0.245 e. The molecule has 0 amide bonds. The maximum Gasteiger partial charge on any atom is 0.245 e. The van der Waals surface area contributed by atoms with Gasteiger partial charge in [0.2, 0.25) is 7.37 Å². The van der Waals surface area contributed by atoms with Crippen molar-refractivity contribution in [3.05, 3.63) is 66.2 Å². The Labute approximate surface area is 131 Å². The van der Waals surface area contributed by atoms with E-state index < -0.39 is 12.5 Å². The maximum absolute atomic E-state index is 13.6. The van der Waals surface area contributed by atoms with Crippen LogP contribution in [0.1, 0.15) is 26.3 Å². The molecule has 0 spiro atoms. The van der Waals surface area contributed by atoms with E-state index in [4.69, 9.17) is 4.52 Å². The number of hydrogen-bond acceptors (Lipinski definition) is 3. The van der Waals surface area contributed by atoms with Crippen LogP contribution in [0, 0.1) is 0 Å². The Balaban J connectivity index is 2.39. The molecule has 1 atom stereocenters. The third-order valence-electron chi connectivity index (χ3n) is 3.95. The summed E-state index contributed by atoms with van der Waals surface area (Å²) in [5.74, 6) is -0.146. The topological polar surface area (TPSA) is 43.4 Å². The molecule has 0 radical (unpaired) electrons. The molecule has 0 aliphatic carbocycles. The minimum absolute atomic E-state index is 0.146. The molecule has 0 aliphatic heterocycles. The molecule has 0 heterocycles. The highest BCUT2D eigenvalue weighted by Crippen LogP contribution is 2.58. The lowest BCUT2D eigenvalue weighted by Gasteiger charge is -2.32. The first-order valence-corrected chi connectivity index (χ1v) is 8.85. The van der Waals surface area contributed by atoms with Gasteiger partial charge in [-0.25, -0.2) is 0 Å². The van der Waals surface area contributed by atoms with Gasteiger partial charge in [0.1, 0.15) is 10.9 Å². The molecule has 2 aromatic carbocycles. The summed E-state index contributed by atoms with van der Waals surface area (Å²) in [6.45, 7) is 5.05. The molecule has 0 N–H and O–H groups in total. The molecule has 0 aromatic heterocycles. The van der Waals surface area contributed by atoms with Crippen LogP contribution in [-0.2, 0) is 20.5 Å². The van der Waals surface area contributed by atoms with Crippen molar-refractivity contribution in [3.63, 3.8) is 0 Å². The molecular weight excluding hydrogens is 295 g/mol. The summed E-state index contributed by atoms with van der Waals surface area (Å²) in [6.07, 6.45) is 0. The fourth-order valence-corrected chi connectivity index (χ4v) is 4.56. The van der Waals surface area contributed by atoms with Crippen LogP contribution in [0.25, 0.3) is 0 Å². The third kappa shape index (κ3) is 3.21. The fourth-order valence-electron chi connectivity index (χ4n) is 2.13. The summed E-state index contributed by atoms with van der Waals surface area (Å²) in [7, 11) is -3.35. The molecular formula is C18H21O3P. The quantitative estimate of drug-likeness (QED) is 0.751. The van der Waals surface area contributed by atoms with Crippen LogP contribution < -0.4 is 5.30 Å². The zero-order chi connectivity index (χ0) is 16.2. The van der Waals surface area contributed by atoms with Gasteiger partial charge in [0.15, 0.2) is 0 Å². The van der Waals surface area contributed by atoms with Gasteiger partial charge < -0.3 is 4.52 Å². The molecule has 0 bridgehead atoms. The van der Waals surface area contributed by atoms with Crippen molar-refractivity contribution < 1.29 is 13.9 Å². The first-order valence-electron chi connectivity index (χ1n) is 7.23. The van der Waals surface area contributed by atoms with Gasteiger partial charge in [-0.15, -0.1) is 0 Å². The van der Waals surface area contributed by atoms with E-state index in [1.54, 1.807) is 26.0 Å². The third-order valence-corrected chi connectivity index (χ3v) is 7.21. The molecule has 3 nitrogen and oxygen atoms in total. The first-order chi connectivity index (χ1) is 10.4. The summed E-state index contributed by atoms with van der Waals surface area (Å²) in [4.78, 5) is 12.0. The van der Waals surface area contributed by atoms with Crippen LogP contribution in [-0.4, -0.2) is 10.9 Å². The Bertz CT molecular complexity index is 678. The molecule has 0 saturated heterocycles. The van der Waals surface area contributed by atoms with Gasteiger partial charge in [-0.1, -0.05) is 48.5 Å². The van der Waals surface area contributed by atoms with Crippen LogP contribution in [0.3, 0.4) is 0 Å². The summed E-state index contributed by atoms with van der Waals surface area (Å²) in [5.41, 5.74) is 0.929. The molecule has 2 rings (SSSR count). The van der Waals surface area contributed by atoms with E-state index in [-0.39, 0.29) is 12.4 Å². The molecule has 0 fully saturated rings. The lowest BCUT2D eigenvalue weighted by molar-refractivity contribution is -0.118. The average Bonchev–Trinajstić information content (AvgIpc) is 2.54. The normalized spacial score (nSPS) is 14.3. The minimum Gasteiger partial charge on any atom is -0.320 e. The predicted molar refractivity (Wildman–Crippen MR) is 89.7 cm³/mol. The molecule has 116 valence electrons. The van der Waals surface area contributed by atoms with E-state index in [9.17, 15) is 9.36 Å². The number of ketones is 1. The zero-order valence-corrected chi connectivity index (χ0v) is 14.0. The monoisotopic (exact) mass is 316 g/mol. The summed E-state index contributed by atoms with van der Waals surface area (Å²) in [5, 5.41) is -0.491. The lowest BCUT2D eigenvalue weighted by Crippen LogP contribution is -2.34. The van der Waals surface area contributed by atoms with Gasteiger partial charge in [0.05, 0.1) is 6.61 Å². The van der Waals surface area contributed by atoms with Crippen LogP contribution in [0.15, 0.2) is 60.7 Å². The van der Waals surface area contributed by atoms with Crippen molar-refractivity contribution in [2.45, 2.75) is 32.5 Å². The Hall–Kier alpha value is -1.70. The van der Waals surface area contributed by atoms with Gasteiger partial charge >= 0.3 is 0 Å². The van der Waals surface area contributed by atoms with Crippen molar-refractivity contribution >= 4 is 18.5 Å². The molecule has 1 unspecified atom stereocenters. The number of rotatable bonds is 6. The van der Waals surface area contributed by atoms with Crippen LogP contribution in [0.4, 0.5) is 0 Å². The van der Waals surface area contributed by atoms with Crippen LogP contribution >= 0.6 is 7.37 Å². The second-order valence-electron chi connectivity index (χ2n) is 5.76. The van der Waals surface area contributed by atoms with Crippen molar-refractivity contribution in [1.29, 1.82) is 0 Å². The fraction of sp³-hybridized carbons (Fsp3) is 0.278. The van der Waals surface area contributed by atoms with Gasteiger partial charge in [-0.2, -0.15) is 0 Å². The van der Waals surface area contributed by atoms with Crippen molar-refractivity contribution in [2.75, 3.05) is 0 Å². The van der Waals surface area contributed by atoms with E-state index >= 15 is 0 Å². The first kappa shape index (κ1) is 16.7. The minimum atomic E-state index is -3.35. The lowest BCUT2D eigenvalue weighted by atomic mass is 10.1. The van der Waals surface area contributed by atoms with Crippen molar-refractivity contribution in [3.8, 4) is 0 Å². The predicted octanol–water partition coefficient (Wildman–Crippen LogP) is 4.17. The number of carbonyl (C=O) groups is 1. The summed E-state index contributed by atoms with van der Waals surface area (Å²) < 4.78 is 19.5. The highest BCUT2D eigenvalue weighted by molar-refractivity contribution is 7.69. The van der Waals surface area contributed by atoms with Gasteiger partial charge in [-0.3, -0.25) is 9.36 Å². The largest absolute Gasteiger partial charge is 0.320 e.